The third kappa shape index (κ3) is 1.58. The number of nitrogens with zero attached hydrogens (tertiary/aromatic N) is 1. The van der Waals surface area contributed by atoms with Crippen LogP contribution in [0.15, 0.2) is 12.1 Å². The number of rotatable bonds is 1. The summed E-state index contributed by atoms with van der Waals surface area (Å²) in [6, 6.07) is 5.47. The van der Waals surface area contributed by atoms with Crippen molar-refractivity contribution in [1.29, 1.82) is 0 Å². The molecule has 2 fully saturated rings. The van der Waals surface area contributed by atoms with Crippen LogP contribution in [0.2, 0.25) is 5.02 Å². The first-order valence-electron chi connectivity index (χ1n) is 6.71. The van der Waals surface area contributed by atoms with Crippen molar-refractivity contribution in [1.82, 2.24) is 5.32 Å². The summed E-state index contributed by atoms with van der Waals surface area (Å²) in [5.74, 6) is 0. The highest BCUT2D eigenvalue weighted by atomic mass is 35.5. The summed E-state index contributed by atoms with van der Waals surface area (Å²) >= 11 is 6.49. The Morgan fingerprint density at radius 3 is 2.50 bits per heavy atom. The number of benzene rings is 1. The molecule has 3 aliphatic rings. The van der Waals surface area contributed by atoms with E-state index in [9.17, 15) is 0 Å². The minimum Gasteiger partial charge on any atom is -0.377 e. The lowest BCUT2D eigenvalue weighted by Crippen LogP contribution is -2.46. The molecule has 0 aromatic heterocycles. The van der Waals surface area contributed by atoms with Crippen molar-refractivity contribution in [2.45, 2.75) is 38.0 Å². The molecule has 2 unspecified atom stereocenters. The molecule has 18 heavy (non-hydrogen) atoms. The summed E-state index contributed by atoms with van der Waals surface area (Å²) in [4.78, 5) is 2.50. The molecule has 3 heterocycles. The van der Waals surface area contributed by atoms with Gasteiger partial charge in [-0.15, -0.1) is 0 Å². The van der Waals surface area contributed by atoms with Crippen LogP contribution < -0.4 is 10.2 Å². The van der Waals surface area contributed by atoms with Crippen molar-refractivity contribution < 1.29 is 4.74 Å². The van der Waals surface area contributed by atoms with E-state index in [0.29, 0.717) is 12.1 Å². The van der Waals surface area contributed by atoms with Gasteiger partial charge >= 0.3 is 0 Å². The lowest BCUT2D eigenvalue weighted by atomic mass is 10.1. The normalized spacial score (nSPS) is 29.7. The predicted molar refractivity (Wildman–Crippen MR) is 72.1 cm³/mol. The molecule has 1 aromatic carbocycles. The topological polar surface area (TPSA) is 24.5 Å². The van der Waals surface area contributed by atoms with Crippen LogP contribution in [0.25, 0.3) is 0 Å². The zero-order chi connectivity index (χ0) is 12.1. The van der Waals surface area contributed by atoms with Gasteiger partial charge in [0, 0.05) is 13.1 Å². The predicted octanol–water partition coefficient (Wildman–Crippen LogP) is 2.31. The third-order valence-corrected chi connectivity index (χ3v) is 4.72. The van der Waals surface area contributed by atoms with Crippen molar-refractivity contribution in [2.24, 2.45) is 0 Å². The Labute approximate surface area is 112 Å². The molecule has 1 N–H and O–H groups in total. The Bertz CT molecular complexity index is 475. The van der Waals surface area contributed by atoms with Gasteiger partial charge in [-0.25, -0.2) is 0 Å². The number of morpholine rings is 1. The van der Waals surface area contributed by atoms with Gasteiger partial charge in [-0.05, 0) is 36.1 Å². The van der Waals surface area contributed by atoms with Crippen molar-refractivity contribution in [3.05, 3.63) is 28.3 Å². The van der Waals surface area contributed by atoms with E-state index in [4.69, 9.17) is 16.3 Å². The van der Waals surface area contributed by atoms with Crippen molar-refractivity contribution in [2.75, 3.05) is 18.1 Å². The zero-order valence-electron chi connectivity index (χ0n) is 10.3. The number of fused-ring (bicyclic) bond motifs is 3. The molecule has 0 aliphatic carbocycles. The number of hydrogen-bond acceptors (Lipinski definition) is 3. The van der Waals surface area contributed by atoms with Crippen LogP contribution in [0.3, 0.4) is 0 Å². The van der Waals surface area contributed by atoms with Gasteiger partial charge in [0.1, 0.15) is 0 Å². The molecule has 0 amide bonds. The van der Waals surface area contributed by atoms with Crippen LogP contribution in [-0.4, -0.2) is 25.3 Å². The monoisotopic (exact) mass is 264 g/mol. The van der Waals surface area contributed by atoms with Crippen molar-refractivity contribution in [3.63, 3.8) is 0 Å². The van der Waals surface area contributed by atoms with E-state index < -0.39 is 0 Å². The van der Waals surface area contributed by atoms with Gasteiger partial charge in [0.25, 0.3) is 0 Å². The largest absolute Gasteiger partial charge is 0.377 e. The Morgan fingerprint density at radius 1 is 1.11 bits per heavy atom. The third-order valence-electron chi connectivity index (χ3n) is 4.42. The van der Waals surface area contributed by atoms with E-state index in [1.165, 1.54) is 29.7 Å². The minimum atomic E-state index is 0.522. The zero-order valence-corrected chi connectivity index (χ0v) is 11.0. The summed E-state index contributed by atoms with van der Waals surface area (Å²) in [5.41, 5.74) is 3.97. The van der Waals surface area contributed by atoms with Gasteiger partial charge in [-0.1, -0.05) is 11.6 Å². The summed E-state index contributed by atoms with van der Waals surface area (Å²) in [7, 11) is 0. The fraction of sp³-hybridized carbons (Fsp3) is 0.571. The fourth-order valence-electron chi connectivity index (χ4n) is 3.53. The van der Waals surface area contributed by atoms with Gasteiger partial charge in [0.2, 0.25) is 0 Å². The second kappa shape index (κ2) is 4.12. The number of halogens is 1. The first kappa shape index (κ1) is 11.1. The lowest BCUT2D eigenvalue weighted by molar-refractivity contribution is 0.0906. The summed E-state index contributed by atoms with van der Waals surface area (Å²) in [6.07, 6.45) is 2.46. The summed E-state index contributed by atoms with van der Waals surface area (Å²) in [5, 5.41) is 4.28. The van der Waals surface area contributed by atoms with E-state index in [2.05, 4.69) is 22.3 Å². The molecule has 2 saturated heterocycles. The van der Waals surface area contributed by atoms with Gasteiger partial charge < -0.3 is 15.0 Å². The van der Waals surface area contributed by atoms with Gasteiger partial charge in [-0.2, -0.15) is 0 Å². The standard InChI is InChI=1S/C14H17ClN2O/c15-13-3-9-5-16-6-10(9)4-14(13)17-11-1-2-12(17)8-18-7-11/h3-4,11-12,16H,1-2,5-8H2. The SMILES string of the molecule is Clc1cc2c(cc1N1C3CCC1COC3)CNC2. The number of ether oxygens (including phenoxy) is 1. The number of anilines is 1. The van der Waals surface area contributed by atoms with Crippen LogP contribution >= 0.6 is 11.6 Å². The maximum absolute atomic E-state index is 6.49. The smallest absolute Gasteiger partial charge is 0.0671 e. The number of nitrogens with one attached hydrogen (secondary N) is 1. The van der Waals surface area contributed by atoms with E-state index >= 15 is 0 Å². The Balaban J connectivity index is 1.76. The highest BCUT2D eigenvalue weighted by Gasteiger charge is 2.38. The fourth-order valence-corrected chi connectivity index (χ4v) is 3.81. The molecule has 2 atom stereocenters. The Hall–Kier alpha value is -0.770. The lowest BCUT2D eigenvalue weighted by Gasteiger charge is -2.37. The molecule has 1 aromatic rings. The second-order valence-corrected chi connectivity index (χ2v) is 5.91. The molecular weight excluding hydrogens is 248 g/mol. The highest BCUT2D eigenvalue weighted by Crippen LogP contribution is 2.39. The summed E-state index contributed by atoms with van der Waals surface area (Å²) in [6.45, 7) is 3.62. The first-order valence-corrected chi connectivity index (χ1v) is 7.09. The maximum atomic E-state index is 6.49. The van der Waals surface area contributed by atoms with E-state index in [-0.39, 0.29) is 0 Å². The molecule has 2 bridgehead atoms. The number of hydrogen-bond donors (Lipinski definition) is 1. The molecule has 0 saturated carbocycles. The highest BCUT2D eigenvalue weighted by molar-refractivity contribution is 6.33. The minimum absolute atomic E-state index is 0.522. The average Bonchev–Trinajstić information content (AvgIpc) is 2.90. The van der Waals surface area contributed by atoms with Crippen LogP contribution in [0.5, 0.6) is 0 Å². The van der Waals surface area contributed by atoms with Crippen LogP contribution in [0, 0.1) is 0 Å². The molecule has 96 valence electrons. The van der Waals surface area contributed by atoms with Gasteiger partial charge in [-0.3, -0.25) is 0 Å². The Kier molecular flexibility index (Phi) is 2.54. The average molecular weight is 265 g/mol. The van der Waals surface area contributed by atoms with Crippen LogP contribution in [0.4, 0.5) is 5.69 Å². The first-order chi connectivity index (χ1) is 8.83. The van der Waals surface area contributed by atoms with Gasteiger partial charge in [0.05, 0.1) is 36.0 Å². The molecular formula is C14H17ClN2O. The molecule has 0 spiro atoms. The summed E-state index contributed by atoms with van der Waals surface area (Å²) < 4.78 is 5.64. The van der Waals surface area contributed by atoms with E-state index in [1.807, 2.05) is 0 Å². The quantitative estimate of drug-likeness (QED) is 0.843. The van der Waals surface area contributed by atoms with Crippen molar-refractivity contribution >= 4 is 17.3 Å². The van der Waals surface area contributed by atoms with Crippen LogP contribution in [-0.2, 0) is 17.8 Å². The van der Waals surface area contributed by atoms with Crippen molar-refractivity contribution in [3.8, 4) is 0 Å². The van der Waals surface area contributed by atoms with Crippen LogP contribution in [0.1, 0.15) is 24.0 Å². The maximum Gasteiger partial charge on any atom is 0.0671 e. The molecule has 3 aliphatic heterocycles. The second-order valence-electron chi connectivity index (χ2n) is 5.51. The van der Waals surface area contributed by atoms with Gasteiger partial charge in [0.15, 0.2) is 0 Å². The van der Waals surface area contributed by atoms with E-state index in [0.717, 1.165) is 31.3 Å². The molecule has 3 nitrogen and oxygen atoms in total. The molecule has 4 rings (SSSR count). The molecule has 0 radical (unpaired) electrons. The molecule has 4 heteroatoms. The van der Waals surface area contributed by atoms with E-state index in [1.54, 1.807) is 0 Å². The Morgan fingerprint density at radius 2 is 1.78 bits per heavy atom.